The van der Waals surface area contributed by atoms with E-state index in [9.17, 15) is 15.2 Å². The Morgan fingerprint density at radius 2 is 1.86 bits per heavy atom. The number of nitrogens with zero attached hydrogens (tertiary/aromatic N) is 4. The van der Waals surface area contributed by atoms with Crippen molar-refractivity contribution in [1.29, 1.82) is 0 Å². The summed E-state index contributed by atoms with van der Waals surface area (Å²) in [6.45, 7) is 1.93. The number of hydrazone groups is 1. The van der Waals surface area contributed by atoms with Gasteiger partial charge in [-0.2, -0.15) is 5.10 Å². The maximum atomic E-state index is 11.2. The summed E-state index contributed by atoms with van der Waals surface area (Å²) in [4.78, 5) is 20.1. The van der Waals surface area contributed by atoms with E-state index in [0.717, 1.165) is 25.4 Å². The SMILES string of the molecule is Cc1cc(Br)cc(Br)c1N=C(N/N=C/c1cc([N+](=O)[O-])cc(Br)c1O)c1ccc2ccccc2n1. The molecule has 35 heavy (non-hydrogen) atoms. The Balaban J connectivity index is 1.78. The Morgan fingerprint density at radius 1 is 1.09 bits per heavy atom. The predicted molar refractivity (Wildman–Crippen MR) is 148 cm³/mol. The summed E-state index contributed by atoms with van der Waals surface area (Å²) in [5, 5.41) is 26.7. The number of nitrogens with one attached hydrogen (secondary N) is 1. The van der Waals surface area contributed by atoms with E-state index in [-0.39, 0.29) is 21.5 Å². The second kappa shape index (κ2) is 10.6. The van der Waals surface area contributed by atoms with Gasteiger partial charge in [-0.25, -0.2) is 9.98 Å². The highest BCUT2D eigenvalue weighted by molar-refractivity contribution is 9.11. The molecule has 1 aromatic heterocycles. The van der Waals surface area contributed by atoms with Gasteiger partial charge in [-0.1, -0.05) is 40.2 Å². The first-order chi connectivity index (χ1) is 16.7. The molecule has 0 aliphatic rings. The number of pyridine rings is 1. The number of aliphatic imine (C=N–C) groups is 1. The van der Waals surface area contributed by atoms with Crippen molar-refractivity contribution >= 4 is 82.1 Å². The minimum Gasteiger partial charge on any atom is -0.506 e. The smallest absolute Gasteiger partial charge is 0.271 e. The fourth-order valence-electron chi connectivity index (χ4n) is 3.26. The van der Waals surface area contributed by atoms with Crippen LogP contribution in [0.5, 0.6) is 5.75 Å². The molecular formula is C24H16Br3N5O3. The molecule has 0 atom stereocenters. The lowest BCUT2D eigenvalue weighted by molar-refractivity contribution is -0.385. The van der Waals surface area contributed by atoms with Crippen molar-refractivity contribution in [2.75, 3.05) is 0 Å². The summed E-state index contributed by atoms with van der Waals surface area (Å²) in [5.74, 6) is 0.178. The van der Waals surface area contributed by atoms with Crippen molar-refractivity contribution in [2.24, 2.45) is 10.1 Å². The van der Waals surface area contributed by atoms with Crippen LogP contribution >= 0.6 is 47.8 Å². The molecule has 0 aliphatic carbocycles. The molecular weight excluding hydrogens is 646 g/mol. The number of benzene rings is 3. The van der Waals surface area contributed by atoms with Crippen molar-refractivity contribution in [3.8, 4) is 5.75 Å². The average Bonchev–Trinajstić information content (AvgIpc) is 2.82. The number of halogens is 3. The normalized spacial score (nSPS) is 11.8. The first-order valence-electron chi connectivity index (χ1n) is 10.1. The molecule has 0 unspecified atom stereocenters. The summed E-state index contributed by atoms with van der Waals surface area (Å²) in [5.41, 5.74) is 5.79. The van der Waals surface area contributed by atoms with Gasteiger partial charge in [-0.3, -0.25) is 15.5 Å². The van der Waals surface area contributed by atoms with Crippen LogP contribution in [0.1, 0.15) is 16.8 Å². The molecule has 11 heteroatoms. The van der Waals surface area contributed by atoms with Gasteiger partial charge < -0.3 is 5.11 Å². The molecule has 0 radical (unpaired) electrons. The number of nitro benzene ring substituents is 1. The summed E-state index contributed by atoms with van der Waals surface area (Å²) < 4.78 is 1.87. The van der Waals surface area contributed by atoms with Gasteiger partial charge in [-0.05, 0) is 68.6 Å². The first kappa shape index (κ1) is 25.0. The van der Waals surface area contributed by atoms with Crippen molar-refractivity contribution in [2.45, 2.75) is 6.92 Å². The highest BCUT2D eigenvalue weighted by Crippen LogP contribution is 2.33. The number of hydrogen-bond acceptors (Lipinski definition) is 6. The van der Waals surface area contributed by atoms with Crippen LogP contribution in [0.4, 0.5) is 11.4 Å². The average molecular weight is 662 g/mol. The third-order valence-electron chi connectivity index (χ3n) is 4.95. The Bertz CT molecular complexity index is 1500. The van der Waals surface area contributed by atoms with Gasteiger partial charge in [0.25, 0.3) is 5.69 Å². The van der Waals surface area contributed by atoms with Crippen LogP contribution in [-0.2, 0) is 0 Å². The predicted octanol–water partition coefficient (Wildman–Crippen LogP) is 7.15. The lowest BCUT2D eigenvalue weighted by Gasteiger charge is -2.10. The van der Waals surface area contributed by atoms with Crippen molar-refractivity contribution in [3.63, 3.8) is 0 Å². The third kappa shape index (κ3) is 5.75. The van der Waals surface area contributed by atoms with E-state index in [1.165, 1.54) is 18.3 Å². The lowest BCUT2D eigenvalue weighted by Crippen LogP contribution is -2.20. The van der Waals surface area contributed by atoms with Gasteiger partial charge in [0.15, 0.2) is 5.84 Å². The molecule has 176 valence electrons. The molecule has 3 aromatic carbocycles. The highest BCUT2D eigenvalue weighted by Gasteiger charge is 2.14. The number of nitro groups is 1. The molecule has 8 nitrogen and oxygen atoms in total. The summed E-state index contributed by atoms with van der Waals surface area (Å²) in [6, 6.07) is 17.7. The maximum Gasteiger partial charge on any atom is 0.271 e. The molecule has 0 amide bonds. The molecule has 0 fully saturated rings. The topological polar surface area (TPSA) is 113 Å². The maximum absolute atomic E-state index is 11.2. The van der Waals surface area contributed by atoms with E-state index in [4.69, 9.17) is 9.98 Å². The number of aromatic nitrogens is 1. The molecule has 4 rings (SSSR count). The molecule has 0 bridgehead atoms. The number of aromatic hydroxyl groups is 1. The largest absolute Gasteiger partial charge is 0.506 e. The van der Waals surface area contributed by atoms with Gasteiger partial charge in [0.2, 0.25) is 0 Å². The monoisotopic (exact) mass is 659 g/mol. The van der Waals surface area contributed by atoms with Gasteiger partial charge in [0.1, 0.15) is 11.4 Å². The van der Waals surface area contributed by atoms with Crippen molar-refractivity contribution < 1.29 is 10.0 Å². The van der Waals surface area contributed by atoms with E-state index in [1.54, 1.807) is 0 Å². The summed E-state index contributed by atoms with van der Waals surface area (Å²) in [6.07, 6.45) is 1.28. The van der Waals surface area contributed by atoms with Crippen LogP contribution in [0.2, 0.25) is 0 Å². The number of phenols is 1. The van der Waals surface area contributed by atoms with Crippen LogP contribution in [0.15, 0.2) is 84.2 Å². The zero-order valence-electron chi connectivity index (χ0n) is 18.0. The van der Waals surface area contributed by atoms with Crippen LogP contribution in [0.25, 0.3) is 10.9 Å². The number of phenolic OH excluding ortho intramolecular Hbond substituents is 1. The van der Waals surface area contributed by atoms with Crippen molar-refractivity contribution in [1.82, 2.24) is 10.4 Å². The van der Waals surface area contributed by atoms with E-state index < -0.39 is 4.92 Å². The molecule has 0 spiro atoms. The standard InChI is InChI=1S/C24H16Br3N5O3/c1-13-8-16(25)10-18(26)22(13)30-24(21-7-6-14-4-2-3-5-20(14)29-21)31-28-12-15-9-17(32(34)35)11-19(27)23(15)33/h2-12,33H,1H3,(H,30,31)/b28-12+. The van der Waals surface area contributed by atoms with Crippen molar-refractivity contribution in [3.05, 3.63) is 101 Å². The van der Waals surface area contributed by atoms with E-state index >= 15 is 0 Å². The molecule has 0 saturated carbocycles. The molecule has 1 heterocycles. The Morgan fingerprint density at radius 3 is 2.60 bits per heavy atom. The minimum atomic E-state index is -0.547. The van der Waals surface area contributed by atoms with Gasteiger partial charge >= 0.3 is 0 Å². The number of rotatable bonds is 5. The number of non-ortho nitro benzene ring substituents is 1. The zero-order valence-corrected chi connectivity index (χ0v) is 22.8. The molecule has 2 N–H and O–H groups in total. The van der Waals surface area contributed by atoms with Crippen LogP contribution in [0.3, 0.4) is 0 Å². The van der Waals surface area contributed by atoms with Crippen LogP contribution in [-0.4, -0.2) is 27.1 Å². The van der Waals surface area contributed by atoms with E-state index in [2.05, 4.69) is 58.3 Å². The lowest BCUT2D eigenvalue weighted by atomic mass is 10.2. The van der Waals surface area contributed by atoms with Gasteiger partial charge in [-0.15, -0.1) is 0 Å². The minimum absolute atomic E-state index is 0.158. The van der Waals surface area contributed by atoms with Gasteiger partial charge in [0, 0.05) is 32.0 Å². The molecule has 0 saturated heterocycles. The first-order valence-corrected chi connectivity index (χ1v) is 12.5. The number of amidine groups is 1. The van der Waals surface area contributed by atoms with E-state index in [1.807, 2.05) is 55.5 Å². The second-order valence-corrected chi connectivity index (χ2v) is 10.0. The fourth-order valence-corrected chi connectivity index (χ4v) is 5.25. The van der Waals surface area contributed by atoms with Gasteiger partial charge in [0.05, 0.1) is 26.8 Å². The third-order valence-corrected chi connectivity index (χ3v) is 6.61. The quantitative estimate of drug-likeness (QED) is 0.102. The van der Waals surface area contributed by atoms with Crippen LogP contribution in [0, 0.1) is 17.0 Å². The second-order valence-electron chi connectivity index (χ2n) is 7.40. The zero-order chi connectivity index (χ0) is 25.1. The highest BCUT2D eigenvalue weighted by atomic mass is 79.9. The fraction of sp³-hybridized carbons (Fsp3) is 0.0417. The molecule has 0 aliphatic heterocycles. The Kier molecular flexibility index (Phi) is 7.58. The number of para-hydroxylation sites is 1. The van der Waals surface area contributed by atoms with E-state index in [0.29, 0.717) is 17.2 Å². The number of fused-ring (bicyclic) bond motifs is 1. The Hall–Kier alpha value is -3.15. The number of hydrogen-bond donors (Lipinski definition) is 2. The number of aryl methyl sites for hydroxylation is 1. The summed E-state index contributed by atoms with van der Waals surface area (Å²) >= 11 is 10.2. The molecule has 4 aromatic rings. The summed E-state index contributed by atoms with van der Waals surface area (Å²) in [7, 11) is 0. The Labute approximate surface area is 225 Å². The van der Waals surface area contributed by atoms with Crippen LogP contribution < -0.4 is 5.43 Å².